The van der Waals surface area contributed by atoms with Gasteiger partial charge in [0.05, 0.1) is 31.2 Å². The van der Waals surface area contributed by atoms with Crippen molar-refractivity contribution in [3.05, 3.63) is 76.4 Å². The molecule has 1 saturated heterocycles. The first-order valence-electron chi connectivity index (χ1n) is 13.0. The molecule has 2 fully saturated rings. The summed E-state index contributed by atoms with van der Waals surface area (Å²) in [4.78, 5) is 14.9. The Morgan fingerprint density at radius 2 is 1.95 bits per heavy atom. The van der Waals surface area contributed by atoms with E-state index < -0.39 is 29.2 Å². The highest BCUT2D eigenvalue weighted by Crippen LogP contribution is 2.44. The zero-order valence-corrected chi connectivity index (χ0v) is 21.7. The van der Waals surface area contributed by atoms with Gasteiger partial charge in [0.25, 0.3) is 5.91 Å². The Labute approximate surface area is 223 Å². The number of halogens is 4. The van der Waals surface area contributed by atoms with Crippen LogP contribution in [0.4, 0.5) is 23.2 Å². The lowest BCUT2D eigenvalue weighted by atomic mass is 9.78. The van der Waals surface area contributed by atoms with Gasteiger partial charge in [0.1, 0.15) is 12.2 Å². The number of aryl methyl sites for hydroxylation is 1. The molecule has 39 heavy (non-hydrogen) atoms. The Bertz CT molecular complexity index is 1430. The van der Waals surface area contributed by atoms with E-state index in [1.54, 1.807) is 41.9 Å². The van der Waals surface area contributed by atoms with Crippen molar-refractivity contribution in [2.24, 2.45) is 7.05 Å². The molecule has 0 unspecified atom stereocenters. The summed E-state index contributed by atoms with van der Waals surface area (Å²) >= 11 is 0. The van der Waals surface area contributed by atoms with E-state index in [1.165, 1.54) is 11.2 Å². The largest absolute Gasteiger partial charge is 0.416 e. The number of alkyl halides is 4. The Morgan fingerprint density at radius 1 is 1.18 bits per heavy atom. The van der Waals surface area contributed by atoms with Crippen molar-refractivity contribution in [1.29, 1.82) is 0 Å². The van der Waals surface area contributed by atoms with Crippen LogP contribution in [0.1, 0.15) is 70.5 Å². The molecule has 0 spiro atoms. The van der Waals surface area contributed by atoms with E-state index >= 15 is 4.39 Å². The van der Waals surface area contributed by atoms with Gasteiger partial charge in [-0.25, -0.2) is 4.39 Å². The summed E-state index contributed by atoms with van der Waals surface area (Å²) in [5, 5.41) is 11.4. The molecule has 1 atom stereocenters. The maximum absolute atomic E-state index is 15.8. The Morgan fingerprint density at radius 3 is 2.54 bits per heavy atom. The molecule has 0 radical (unpaired) electrons. The minimum atomic E-state index is -4.61. The number of hydrogen-bond acceptors (Lipinski definition) is 5. The number of nitrogens with one attached hydrogen (secondary N) is 1. The number of ether oxygens (including phenoxy) is 1. The van der Waals surface area contributed by atoms with Crippen molar-refractivity contribution < 1.29 is 27.1 Å². The number of carbonyl (C=O) groups is 1. The molecule has 11 heteroatoms. The molecule has 1 amide bonds. The smallest absolute Gasteiger partial charge is 0.375 e. The van der Waals surface area contributed by atoms with Crippen molar-refractivity contribution >= 4 is 11.6 Å². The van der Waals surface area contributed by atoms with Gasteiger partial charge in [0.2, 0.25) is 0 Å². The van der Waals surface area contributed by atoms with E-state index in [9.17, 15) is 18.0 Å². The number of fused-ring (bicyclic) bond motifs is 1. The van der Waals surface area contributed by atoms with Gasteiger partial charge in [-0.15, -0.1) is 10.2 Å². The number of nitrogens with zero attached hydrogens (tertiary/aromatic N) is 4. The van der Waals surface area contributed by atoms with Crippen LogP contribution in [0.25, 0.3) is 0 Å². The minimum Gasteiger partial charge on any atom is -0.375 e. The van der Waals surface area contributed by atoms with Gasteiger partial charge >= 0.3 is 6.18 Å². The quantitative estimate of drug-likeness (QED) is 0.430. The average molecular weight is 544 g/mol. The normalized spacial score (nSPS) is 20.4. The molecule has 7 nitrogen and oxygen atoms in total. The van der Waals surface area contributed by atoms with Gasteiger partial charge < -0.3 is 19.5 Å². The monoisotopic (exact) mass is 543 g/mol. The van der Waals surface area contributed by atoms with Crippen LogP contribution in [0, 0.1) is 0 Å². The van der Waals surface area contributed by atoms with Crippen LogP contribution in [0.15, 0.2) is 42.7 Å². The Hall–Kier alpha value is -3.31. The molecule has 3 aromatic rings. The summed E-state index contributed by atoms with van der Waals surface area (Å²) in [6.45, 7) is 1.84. The first-order valence-corrected chi connectivity index (χ1v) is 13.0. The van der Waals surface area contributed by atoms with Gasteiger partial charge in [-0.3, -0.25) is 4.79 Å². The van der Waals surface area contributed by atoms with E-state index in [2.05, 4.69) is 22.4 Å². The molecule has 0 bridgehead atoms. The highest BCUT2D eigenvalue weighted by Gasteiger charge is 2.50. The summed E-state index contributed by atoms with van der Waals surface area (Å²) in [6.07, 6.45) is -0.114. The van der Waals surface area contributed by atoms with Gasteiger partial charge in [-0.2, -0.15) is 13.2 Å². The first-order chi connectivity index (χ1) is 18.5. The third-order valence-electron chi connectivity index (χ3n) is 8.30. The predicted octanol–water partition coefficient (Wildman–Crippen LogP) is 4.90. The maximum atomic E-state index is 15.8. The molecule has 1 aromatic heterocycles. The zero-order chi connectivity index (χ0) is 27.6. The molecular weight excluding hydrogens is 514 g/mol. The standard InChI is InChI=1S/C28H29F4N5O2/c1-26(7-4-8-26)33-12-17-9-20-21(22(10-17)28(30,31)32)13-37(25(20)38)19-6-3-5-18(11-19)23(27(29)14-39-15-27)24-35-34-16-36(24)2/h3,5-6,9-11,16,23,33H,4,7-8,12-15H2,1-2H3/t23-/m0/s1. The van der Waals surface area contributed by atoms with E-state index in [0.29, 0.717) is 22.6 Å². The molecule has 1 N–H and O–H groups in total. The molecule has 2 aromatic carbocycles. The lowest BCUT2D eigenvalue weighted by Gasteiger charge is -2.40. The van der Waals surface area contributed by atoms with Crippen LogP contribution >= 0.6 is 0 Å². The Balaban J connectivity index is 1.34. The lowest BCUT2D eigenvalue weighted by Crippen LogP contribution is -2.51. The van der Waals surface area contributed by atoms with Crippen LogP contribution in [0.3, 0.4) is 0 Å². The van der Waals surface area contributed by atoms with Crippen LogP contribution in [-0.2, 0) is 31.1 Å². The van der Waals surface area contributed by atoms with Gasteiger partial charge in [0, 0.05) is 30.4 Å². The average Bonchev–Trinajstić information content (AvgIpc) is 3.42. The molecule has 3 aliphatic rings. The fourth-order valence-electron chi connectivity index (χ4n) is 5.80. The van der Waals surface area contributed by atoms with E-state index in [4.69, 9.17) is 4.74 Å². The zero-order valence-electron chi connectivity index (χ0n) is 21.7. The molecule has 3 heterocycles. The number of hydrogen-bond donors (Lipinski definition) is 1. The minimum absolute atomic E-state index is 0.0456. The van der Waals surface area contributed by atoms with Gasteiger partial charge in [-0.05, 0) is 67.1 Å². The number of aromatic nitrogens is 3. The van der Waals surface area contributed by atoms with Crippen LogP contribution in [0.5, 0.6) is 0 Å². The van der Waals surface area contributed by atoms with Gasteiger partial charge in [0.15, 0.2) is 5.67 Å². The summed E-state index contributed by atoms with van der Waals surface area (Å²) < 4.78 is 65.1. The number of carbonyl (C=O) groups excluding carboxylic acids is 1. The number of anilines is 1. The third-order valence-corrected chi connectivity index (χ3v) is 8.30. The molecule has 2 aliphatic heterocycles. The fourth-order valence-corrected chi connectivity index (χ4v) is 5.80. The number of amides is 1. The first kappa shape index (κ1) is 25.9. The predicted molar refractivity (Wildman–Crippen MR) is 135 cm³/mol. The summed E-state index contributed by atoms with van der Waals surface area (Å²) in [7, 11) is 1.71. The van der Waals surface area contributed by atoms with Crippen molar-refractivity contribution in [1.82, 2.24) is 20.1 Å². The molecule has 6 rings (SSSR count). The second-order valence-electron chi connectivity index (χ2n) is 11.2. The van der Waals surface area contributed by atoms with E-state index in [1.807, 2.05) is 0 Å². The maximum Gasteiger partial charge on any atom is 0.416 e. The lowest BCUT2D eigenvalue weighted by molar-refractivity contribution is -0.139. The highest BCUT2D eigenvalue weighted by atomic mass is 19.4. The van der Waals surface area contributed by atoms with Crippen LogP contribution in [-0.4, -0.2) is 45.1 Å². The summed E-state index contributed by atoms with van der Waals surface area (Å²) in [5.74, 6) is -0.942. The van der Waals surface area contributed by atoms with Crippen molar-refractivity contribution in [2.75, 3.05) is 18.1 Å². The van der Waals surface area contributed by atoms with Crippen molar-refractivity contribution in [2.45, 2.75) is 62.6 Å². The SMILES string of the molecule is Cn1cnnc1[C@H](c1cccc(N2Cc3c(cc(CNC4(C)CCC4)cc3C(F)(F)F)C2=O)c1)C1(F)COC1. The molecule has 206 valence electrons. The third kappa shape index (κ3) is 4.51. The Kier molecular flexibility index (Phi) is 6.07. The second kappa shape index (κ2) is 9.12. The van der Waals surface area contributed by atoms with Crippen molar-refractivity contribution in [3.63, 3.8) is 0 Å². The fraction of sp³-hybridized carbons (Fsp3) is 0.464. The van der Waals surface area contributed by atoms with Crippen molar-refractivity contribution in [3.8, 4) is 0 Å². The molecule has 1 aliphatic carbocycles. The number of rotatable bonds is 7. The highest BCUT2D eigenvalue weighted by molar-refractivity contribution is 6.10. The summed E-state index contributed by atoms with van der Waals surface area (Å²) in [6, 6.07) is 9.41. The van der Waals surface area contributed by atoms with E-state index in [-0.39, 0.29) is 43.0 Å². The second-order valence-corrected chi connectivity index (χ2v) is 11.2. The molecular formula is C28H29F4N5O2. The van der Waals surface area contributed by atoms with Crippen LogP contribution in [0.2, 0.25) is 0 Å². The number of benzene rings is 2. The summed E-state index contributed by atoms with van der Waals surface area (Å²) in [5.41, 5.74) is -1.27. The topological polar surface area (TPSA) is 72.3 Å². The van der Waals surface area contributed by atoms with Gasteiger partial charge in [-0.1, -0.05) is 12.1 Å². The van der Waals surface area contributed by atoms with E-state index in [0.717, 1.165) is 25.3 Å². The van der Waals surface area contributed by atoms with Crippen LogP contribution < -0.4 is 10.2 Å². The molecule has 1 saturated carbocycles.